The van der Waals surface area contributed by atoms with Crippen molar-refractivity contribution in [2.45, 2.75) is 25.8 Å². The summed E-state index contributed by atoms with van der Waals surface area (Å²) in [6, 6.07) is 8.21. The lowest BCUT2D eigenvalue weighted by molar-refractivity contribution is -0.135. The Labute approximate surface area is 130 Å². The number of fused-ring (bicyclic) bond motifs is 1. The van der Waals surface area contributed by atoms with E-state index in [-0.39, 0.29) is 24.3 Å². The van der Waals surface area contributed by atoms with E-state index in [2.05, 4.69) is 17.4 Å². The van der Waals surface area contributed by atoms with Crippen LogP contribution in [0, 0.1) is 5.92 Å². The first kappa shape index (κ1) is 15.0. The van der Waals surface area contributed by atoms with Crippen LogP contribution in [0.3, 0.4) is 0 Å². The molecule has 22 heavy (non-hydrogen) atoms. The molecule has 0 bridgehead atoms. The fourth-order valence-corrected chi connectivity index (χ4v) is 3.09. The van der Waals surface area contributed by atoms with E-state index in [1.807, 2.05) is 17.0 Å². The van der Waals surface area contributed by atoms with Crippen molar-refractivity contribution in [3.05, 3.63) is 35.4 Å². The van der Waals surface area contributed by atoms with E-state index in [4.69, 9.17) is 4.74 Å². The molecule has 0 spiro atoms. The lowest BCUT2D eigenvalue weighted by Gasteiger charge is -2.29. The Morgan fingerprint density at radius 2 is 1.91 bits per heavy atom. The third-order valence-electron chi connectivity index (χ3n) is 4.49. The van der Waals surface area contributed by atoms with E-state index < -0.39 is 0 Å². The maximum atomic E-state index is 12.3. The number of carbonyl (C=O) groups is 2. The van der Waals surface area contributed by atoms with Crippen LogP contribution in [0.2, 0.25) is 0 Å². The van der Waals surface area contributed by atoms with Gasteiger partial charge in [0.25, 0.3) is 0 Å². The minimum atomic E-state index is -0.0194. The molecule has 0 atom stereocenters. The van der Waals surface area contributed by atoms with Gasteiger partial charge in [-0.2, -0.15) is 0 Å². The largest absolute Gasteiger partial charge is 0.381 e. The molecule has 5 heteroatoms. The maximum Gasteiger partial charge on any atom is 0.242 e. The Morgan fingerprint density at radius 1 is 1.18 bits per heavy atom. The number of rotatable bonds is 3. The highest BCUT2D eigenvalue weighted by atomic mass is 16.5. The zero-order chi connectivity index (χ0) is 15.4. The molecule has 1 fully saturated rings. The Balaban J connectivity index is 1.49. The molecule has 0 aromatic heterocycles. The number of nitrogens with one attached hydrogen (secondary N) is 1. The zero-order valence-electron chi connectivity index (χ0n) is 12.7. The molecule has 118 valence electrons. The second-order valence-electron chi connectivity index (χ2n) is 5.94. The molecule has 0 saturated carbocycles. The number of nitrogens with zero attached hydrogens (tertiary/aromatic N) is 1. The highest BCUT2D eigenvalue weighted by Crippen LogP contribution is 2.18. The van der Waals surface area contributed by atoms with E-state index in [9.17, 15) is 9.59 Å². The molecule has 1 aromatic rings. The summed E-state index contributed by atoms with van der Waals surface area (Å²) in [5.74, 6) is -0.0346. The molecule has 2 aliphatic rings. The summed E-state index contributed by atoms with van der Waals surface area (Å²) in [6.45, 7) is 2.73. The van der Waals surface area contributed by atoms with Crippen LogP contribution in [-0.4, -0.2) is 43.0 Å². The lowest BCUT2D eigenvalue weighted by Crippen LogP contribution is -2.44. The quantitative estimate of drug-likeness (QED) is 0.910. The van der Waals surface area contributed by atoms with Crippen molar-refractivity contribution >= 4 is 11.8 Å². The van der Waals surface area contributed by atoms with Crippen LogP contribution in [0.15, 0.2) is 24.3 Å². The van der Waals surface area contributed by atoms with Gasteiger partial charge in [-0.1, -0.05) is 24.3 Å². The maximum absolute atomic E-state index is 12.3. The van der Waals surface area contributed by atoms with Gasteiger partial charge in [-0.25, -0.2) is 0 Å². The van der Waals surface area contributed by atoms with Crippen LogP contribution >= 0.6 is 0 Å². The third kappa shape index (κ3) is 3.47. The summed E-state index contributed by atoms with van der Waals surface area (Å²) in [7, 11) is 0. The van der Waals surface area contributed by atoms with Gasteiger partial charge in [0.15, 0.2) is 0 Å². The first-order valence-electron chi connectivity index (χ1n) is 7.94. The van der Waals surface area contributed by atoms with Crippen molar-refractivity contribution in [1.82, 2.24) is 10.2 Å². The Bertz CT molecular complexity index is 553. The lowest BCUT2D eigenvalue weighted by atomic mass is 9.99. The molecule has 2 heterocycles. The minimum Gasteiger partial charge on any atom is -0.381 e. The van der Waals surface area contributed by atoms with E-state index in [0.717, 1.165) is 25.8 Å². The van der Waals surface area contributed by atoms with Crippen molar-refractivity contribution < 1.29 is 14.3 Å². The van der Waals surface area contributed by atoms with Gasteiger partial charge in [-0.05, 0) is 30.4 Å². The number of hydrogen-bond acceptors (Lipinski definition) is 3. The SMILES string of the molecule is O=C(NCC(=O)N1CCc2ccccc2C1)C1CCOCC1. The predicted molar refractivity (Wildman–Crippen MR) is 82.1 cm³/mol. The first-order valence-corrected chi connectivity index (χ1v) is 7.94. The summed E-state index contributed by atoms with van der Waals surface area (Å²) < 4.78 is 5.25. The number of amides is 2. The Kier molecular flexibility index (Phi) is 4.73. The topological polar surface area (TPSA) is 58.6 Å². The molecule has 1 aromatic carbocycles. The van der Waals surface area contributed by atoms with Crippen molar-refractivity contribution in [3.8, 4) is 0 Å². The third-order valence-corrected chi connectivity index (χ3v) is 4.49. The first-order chi connectivity index (χ1) is 10.7. The zero-order valence-corrected chi connectivity index (χ0v) is 12.7. The van der Waals surface area contributed by atoms with Gasteiger partial charge in [0, 0.05) is 32.2 Å². The van der Waals surface area contributed by atoms with Crippen LogP contribution in [0.5, 0.6) is 0 Å². The van der Waals surface area contributed by atoms with Crippen LogP contribution in [-0.2, 0) is 27.3 Å². The number of carbonyl (C=O) groups excluding carboxylic acids is 2. The summed E-state index contributed by atoms with van der Waals surface area (Å²) in [6.07, 6.45) is 2.38. The molecular weight excluding hydrogens is 280 g/mol. The molecule has 0 unspecified atom stereocenters. The van der Waals surface area contributed by atoms with Gasteiger partial charge in [0.2, 0.25) is 11.8 Å². The van der Waals surface area contributed by atoms with Crippen LogP contribution < -0.4 is 5.32 Å². The average Bonchev–Trinajstić information content (AvgIpc) is 2.59. The smallest absolute Gasteiger partial charge is 0.242 e. The molecule has 3 rings (SSSR count). The van der Waals surface area contributed by atoms with Crippen molar-refractivity contribution in [1.29, 1.82) is 0 Å². The van der Waals surface area contributed by atoms with Crippen molar-refractivity contribution in [2.75, 3.05) is 26.3 Å². The van der Waals surface area contributed by atoms with Gasteiger partial charge in [-0.15, -0.1) is 0 Å². The number of ether oxygens (including phenoxy) is 1. The number of hydrogen-bond donors (Lipinski definition) is 1. The molecule has 5 nitrogen and oxygen atoms in total. The molecule has 2 aliphatic heterocycles. The standard InChI is InChI=1S/C17H22N2O3/c20-16(11-18-17(21)14-6-9-22-10-7-14)19-8-5-13-3-1-2-4-15(13)12-19/h1-4,14H,5-12H2,(H,18,21). The molecule has 1 N–H and O–H groups in total. The summed E-state index contributed by atoms with van der Waals surface area (Å²) in [5, 5.41) is 2.79. The highest BCUT2D eigenvalue weighted by molar-refractivity contribution is 5.86. The Hall–Kier alpha value is -1.88. The molecular formula is C17H22N2O3. The van der Waals surface area contributed by atoms with E-state index in [0.29, 0.717) is 19.8 Å². The summed E-state index contributed by atoms with van der Waals surface area (Å²) >= 11 is 0. The summed E-state index contributed by atoms with van der Waals surface area (Å²) in [5.41, 5.74) is 2.52. The van der Waals surface area contributed by atoms with Crippen LogP contribution in [0.1, 0.15) is 24.0 Å². The second kappa shape index (κ2) is 6.92. The fourth-order valence-electron chi connectivity index (χ4n) is 3.09. The van der Waals surface area contributed by atoms with Gasteiger partial charge in [0.05, 0.1) is 6.54 Å². The van der Waals surface area contributed by atoms with E-state index >= 15 is 0 Å². The van der Waals surface area contributed by atoms with Gasteiger partial charge in [0.1, 0.15) is 0 Å². The van der Waals surface area contributed by atoms with Crippen molar-refractivity contribution in [2.24, 2.45) is 5.92 Å². The monoisotopic (exact) mass is 302 g/mol. The van der Waals surface area contributed by atoms with Crippen molar-refractivity contribution in [3.63, 3.8) is 0 Å². The van der Waals surface area contributed by atoms with Gasteiger partial charge < -0.3 is 15.0 Å². The second-order valence-corrected chi connectivity index (χ2v) is 5.94. The minimum absolute atomic E-state index is 0.00471. The highest BCUT2D eigenvalue weighted by Gasteiger charge is 2.24. The van der Waals surface area contributed by atoms with E-state index in [1.54, 1.807) is 0 Å². The molecule has 1 saturated heterocycles. The van der Waals surface area contributed by atoms with Gasteiger partial charge in [-0.3, -0.25) is 9.59 Å². The van der Waals surface area contributed by atoms with Crippen LogP contribution in [0.4, 0.5) is 0 Å². The summed E-state index contributed by atoms with van der Waals surface area (Å²) in [4.78, 5) is 26.2. The van der Waals surface area contributed by atoms with Crippen LogP contribution in [0.25, 0.3) is 0 Å². The Morgan fingerprint density at radius 3 is 2.68 bits per heavy atom. The van der Waals surface area contributed by atoms with E-state index in [1.165, 1.54) is 11.1 Å². The number of benzene rings is 1. The average molecular weight is 302 g/mol. The normalized spacial score (nSPS) is 18.6. The fraction of sp³-hybridized carbons (Fsp3) is 0.529. The molecule has 0 aliphatic carbocycles. The predicted octanol–water partition coefficient (Wildman–Crippen LogP) is 1.11. The van der Waals surface area contributed by atoms with Gasteiger partial charge >= 0.3 is 0 Å². The molecule has 0 radical (unpaired) electrons. The molecule has 2 amide bonds.